The van der Waals surface area contributed by atoms with Crippen molar-refractivity contribution in [2.45, 2.75) is 77.2 Å². The Hall–Kier alpha value is -1.06. The number of hydrogen-bond donors (Lipinski definition) is 0. The summed E-state index contributed by atoms with van der Waals surface area (Å²) in [5.74, 6) is 3.55. The molecule has 26 heavy (non-hydrogen) atoms. The molecule has 6 fully saturated rings. The summed E-state index contributed by atoms with van der Waals surface area (Å²) in [6.07, 6.45) is 11.6. The lowest BCUT2D eigenvalue weighted by molar-refractivity contribution is -0.162. The largest absolute Gasteiger partial charge is 0.341 e. The fourth-order valence-corrected chi connectivity index (χ4v) is 7.54. The maximum Gasteiger partial charge on any atom is 0.245 e. The van der Waals surface area contributed by atoms with Gasteiger partial charge in [0.05, 0.1) is 5.41 Å². The molecule has 2 unspecified atom stereocenters. The van der Waals surface area contributed by atoms with Gasteiger partial charge in [0, 0.05) is 19.6 Å². The van der Waals surface area contributed by atoms with Crippen LogP contribution < -0.4 is 0 Å². The summed E-state index contributed by atoms with van der Waals surface area (Å²) in [6.45, 7) is 4.82. The van der Waals surface area contributed by atoms with Gasteiger partial charge in [0.2, 0.25) is 11.8 Å². The van der Waals surface area contributed by atoms with Gasteiger partial charge in [-0.25, -0.2) is 0 Å². The van der Waals surface area contributed by atoms with E-state index in [0.717, 1.165) is 75.9 Å². The Balaban J connectivity index is 1.34. The molecule has 2 atom stereocenters. The number of nitrogens with zero attached hydrogens (tertiary/aromatic N) is 2. The summed E-state index contributed by atoms with van der Waals surface area (Å²) in [5, 5.41) is 0. The van der Waals surface area contributed by atoms with E-state index in [2.05, 4.69) is 11.8 Å². The normalized spacial score (nSPS) is 44.6. The Bertz CT molecular complexity index is 566. The predicted molar refractivity (Wildman–Crippen MR) is 100 cm³/mol. The van der Waals surface area contributed by atoms with E-state index in [0.29, 0.717) is 11.8 Å². The molecule has 6 aliphatic rings. The highest BCUT2D eigenvalue weighted by atomic mass is 16.2. The van der Waals surface area contributed by atoms with Crippen LogP contribution in [0.1, 0.15) is 71.1 Å². The van der Waals surface area contributed by atoms with Crippen molar-refractivity contribution in [1.29, 1.82) is 0 Å². The molecule has 2 aliphatic heterocycles. The number of amides is 2. The Morgan fingerprint density at radius 2 is 1.50 bits per heavy atom. The Kier molecular flexibility index (Phi) is 4.09. The molecule has 0 spiro atoms. The van der Waals surface area contributed by atoms with Gasteiger partial charge in [-0.15, -0.1) is 0 Å². The summed E-state index contributed by atoms with van der Waals surface area (Å²) in [6, 6.07) is -0.166. The highest BCUT2D eigenvalue weighted by Gasteiger charge is 2.57. The van der Waals surface area contributed by atoms with Crippen LogP contribution in [-0.2, 0) is 9.59 Å². The molecule has 2 saturated heterocycles. The van der Waals surface area contributed by atoms with Crippen molar-refractivity contribution in [1.82, 2.24) is 9.80 Å². The summed E-state index contributed by atoms with van der Waals surface area (Å²) >= 11 is 0. The molecule has 2 amide bonds. The van der Waals surface area contributed by atoms with Crippen molar-refractivity contribution >= 4 is 11.8 Å². The van der Waals surface area contributed by atoms with Crippen molar-refractivity contribution in [3.05, 3.63) is 0 Å². The second-order valence-corrected chi connectivity index (χ2v) is 10.4. The molecule has 4 heteroatoms. The van der Waals surface area contributed by atoms with E-state index >= 15 is 0 Å². The zero-order valence-electron chi connectivity index (χ0n) is 16.3. The molecule has 4 nitrogen and oxygen atoms in total. The fraction of sp³-hybridized carbons (Fsp3) is 0.909. The number of piperidine rings is 1. The quantitative estimate of drug-likeness (QED) is 0.758. The van der Waals surface area contributed by atoms with Gasteiger partial charge in [-0.05, 0) is 87.9 Å². The lowest BCUT2D eigenvalue weighted by atomic mass is 9.49. The van der Waals surface area contributed by atoms with Crippen molar-refractivity contribution in [2.75, 3.05) is 19.6 Å². The van der Waals surface area contributed by atoms with E-state index in [1.165, 1.54) is 25.7 Å². The van der Waals surface area contributed by atoms with Crippen LogP contribution in [0.25, 0.3) is 0 Å². The zero-order chi connectivity index (χ0) is 17.9. The van der Waals surface area contributed by atoms with Crippen LogP contribution in [0.3, 0.4) is 0 Å². The molecule has 0 aromatic carbocycles. The third-order valence-electron chi connectivity index (χ3n) is 8.26. The molecule has 0 N–H and O–H groups in total. The minimum Gasteiger partial charge on any atom is -0.341 e. The highest BCUT2D eigenvalue weighted by Crippen LogP contribution is 2.60. The SMILES string of the molecule is CC1CCCN(C(=O)C2CCCN2C(=O)C23CC4CC(CC(C4)C2)C3)C1. The molecule has 2 heterocycles. The van der Waals surface area contributed by atoms with E-state index in [9.17, 15) is 9.59 Å². The van der Waals surface area contributed by atoms with Gasteiger partial charge in [0.15, 0.2) is 0 Å². The number of carbonyl (C=O) groups excluding carboxylic acids is 2. The Morgan fingerprint density at radius 1 is 0.885 bits per heavy atom. The van der Waals surface area contributed by atoms with Gasteiger partial charge in [-0.1, -0.05) is 6.92 Å². The Labute approximate surface area is 157 Å². The van der Waals surface area contributed by atoms with Crippen molar-refractivity contribution in [3.8, 4) is 0 Å². The van der Waals surface area contributed by atoms with Crippen molar-refractivity contribution < 1.29 is 9.59 Å². The Morgan fingerprint density at radius 3 is 2.12 bits per heavy atom. The van der Waals surface area contributed by atoms with Crippen LogP contribution in [0.4, 0.5) is 0 Å². The number of hydrogen-bond acceptors (Lipinski definition) is 2. The molecule has 144 valence electrons. The molecular weight excluding hydrogens is 324 g/mol. The topological polar surface area (TPSA) is 40.6 Å². The minimum atomic E-state index is -0.166. The third-order valence-corrected chi connectivity index (χ3v) is 8.26. The molecule has 0 aromatic rings. The lowest BCUT2D eigenvalue weighted by Gasteiger charge is -2.56. The number of carbonyl (C=O) groups is 2. The molecule has 4 saturated carbocycles. The smallest absolute Gasteiger partial charge is 0.245 e. The van der Waals surface area contributed by atoms with E-state index < -0.39 is 0 Å². The van der Waals surface area contributed by atoms with Crippen LogP contribution >= 0.6 is 0 Å². The van der Waals surface area contributed by atoms with Gasteiger partial charge in [-0.3, -0.25) is 9.59 Å². The van der Waals surface area contributed by atoms with E-state index in [-0.39, 0.29) is 17.4 Å². The highest BCUT2D eigenvalue weighted by molar-refractivity contribution is 5.91. The van der Waals surface area contributed by atoms with Crippen LogP contribution in [-0.4, -0.2) is 47.3 Å². The van der Waals surface area contributed by atoms with E-state index in [1.807, 2.05) is 4.90 Å². The maximum absolute atomic E-state index is 13.7. The lowest BCUT2D eigenvalue weighted by Crippen LogP contribution is -2.58. The first-order chi connectivity index (χ1) is 12.5. The van der Waals surface area contributed by atoms with Gasteiger partial charge >= 0.3 is 0 Å². The van der Waals surface area contributed by atoms with E-state index in [1.54, 1.807) is 0 Å². The fourth-order valence-electron chi connectivity index (χ4n) is 7.54. The third kappa shape index (κ3) is 2.70. The van der Waals surface area contributed by atoms with Crippen LogP contribution in [0, 0.1) is 29.1 Å². The minimum absolute atomic E-state index is 0.104. The van der Waals surface area contributed by atoms with Gasteiger partial charge < -0.3 is 9.80 Å². The molecule has 0 aromatic heterocycles. The standard InChI is InChI=1S/C22H34N2O2/c1-15-4-2-6-23(14-15)20(25)19-5-3-7-24(19)21(26)22-11-16-8-17(12-22)10-18(9-16)13-22/h15-19H,2-14H2,1H3. The second kappa shape index (κ2) is 6.24. The summed E-state index contributed by atoms with van der Waals surface area (Å²) in [4.78, 5) is 31.0. The van der Waals surface area contributed by atoms with Crippen molar-refractivity contribution in [2.24, 2.45) is 29.1 Å². The zero-order valence-corrected chi connectivity index (χ0v) is 16.3. The van der Waals surface area contributed by atoms with Crippen molar-refractivity contribution in [3.63, 3.8) is 0 Å². The summed E-state index contributed by atoms with van der Waals surface area (Å²) in [7, 11) is 0. The average Bonchev–Trinajstić information content (AvgIpc) is 3.08. The van der Waals surface area contributed by atoms with Crippen LogP contribution in [0.15, 0.2) is 0 Å². The predicted octanol–water partition coefficient (Wildman–Crippen LogP) is 3.45. The molecular formula is C22H34N2O2. The first-order valence-corrected chi connectivity index (χ1v) is 11.1. The van der Waals surface area contributed by atoms with Gasteiger partial charge in [-0.2, -0.15) is 0 Å². The van der Waals surface area contributed by atoms with E-state index in [4.69, 9.17) is 0 Å². The van der Waals surface area contributed by atoms with Gasteiger partial charge in [0.25, 0.3) is 0 Å². The monoisotopic (exact) mass is 358 g/mol. The molecule has 6 rings (SSSR count). The summed E-state index contributed by atoms with van der Waals surface area (Å²) in [5.41, 5.74) is -0.104. The summed E-state index contributed by atoms with van der Waals surface area (Å²) < 4.78 is 0. The average molecular weight is 359 g/mol. The molecule has 4 bridgehead atoms. The molecule has 4 aliphatic carbocycles. The number of likely N-dealkylation sites (tertiary alicyclic amines) is 2. The maximum atomic E-state index is 13.7. The first kappa shape index (κ1) is 17.1. The van der Waals surface area contributed by atoms with Crippen LogP contribution in [0.5, 0.6) is 0 Å². The van der Waals surface area contributed by atoms with Gasteiger partial charge in [0.1, 0.15) is 6.04 Å². The second-order valence-electron chi connectivity index (χ2n) is 10.4. The molecule has 0 radical (unpaired) electrons. The first-order valence-electron chi connectivity index (χ1n) is 11.1. The van der Waals surface area contributed by atoms with Crippen LogP contribution in [0.2, 0.25) is 0 Å². The number of rotatable bonds is 2.